The van der Waals surface area contributed by atoms with Gasteiger partial charge in [-0.1, -0.05) is 0 Å². The molecule has 0 radical (unpaired) electrons. The number of hydrogen-bond donors (Lipinski definition) is 1. The van der Waals surface area contributed by atoms with Gasteiger partial charge in [0.1, 0.15) is 6.04 Å². The van der Waals surface area contributed by atoms with Gasteiger partial charge >= 0.3 is 12.0 Å². The zero-order chi connectivity index (χ0) is 12.8. The Morgan fingerprint density at radius 2 is 2.24 bits per heavy atom. The van der Waals surface area contributed by atoms with Gasteiger partial charge < -0.3 is 19.6 Å². The van der Waals surface area contributed by atoms with Gasteiger partial charge in [0.2, 0.25) is 0 Å². The van der Waals surface area contributed by atoms with Crippen molar-refractivity contribution in [1.29, 1.82) is 0 Å². The number of rotatable bonds is 5. The van der Waals surface area contributed by atoms with E-state index >= 15 is 0 Å². The van der Waals surface area contributed by atoms with Crippen LogP contribution in [0.25, 0.3) is 0 Å². The van der Waals surface area contributed by atoms with Crippen molar-refractivity contribution in [2.45, 2.75) is 25.8 Å². The fourth-order valence-electron chi connectivity index (χ4n) is 1.91. The number of aliphatic carboxylic acids is 1. The summed E-state index contributed by atoms with van der Waals surface area (Å²) in [5.41, 5.74) is 0. The zero-order valence-corrected chi connectivity index (χ0v) is 10.4. The molecule has 0 saturated carbocycles. The molecule has 1 rings (SSSR count). The van der Waals surface area contributed by atoms with E-state index in [9.17, 15) is 9.59 Å². The highest BCUT2D eigenvalue weighted by molar-refractivity contribution is 5.83. The van der Waals surface area contributed by atoms with Crippen molar-refractivity contribution < 1.29 is 19.4 Å². The average molecular weight is 244 g/mol. The Morgan fingerprint density at radius 3 is 2.82 bits per heavy atom. The van der Waals surface area contributed by atoms with Crippen molar-refractivity contribution in [1.82, 2.24) is 9.80 Å². The number of likely N-dealkylation sites (tertiary alicyclic amines) is 1. The number of carbonyl (C=O) groups is 2. The molecule has 0 aromatic rings. The van der Waals surface area contributed by atoms with Gasteiger partial charge in [0, 0.05) is 26.7 Å². The summed E-state index contributed by atoms with van der Waals surface area (Å²) in [6.45, 7) is 3.99. The molecule has 1 aliphatic heterocycles. The van der Waals surface area contributed by atoms with Crippen LogP contribution in [0.15, 0.2) is 0 Å². The maximum Gasteiger partial charge on any atom is 0.326 e. The van der Waals surface area contributed by atoms with Crippen LogP contribution in [0, 0.1) is 0 Å². The van der Waals surface area contributed by atoms with Crippen molar-refractivity contribution in [3.63, 3.8) is 0 Å². The van der Waals surface area contributed by atoms with Gasteiger partial charge in [0.05, 0.1) is 6.61 Å². The molecule has 0 unspecified atom stereocenters. The highest BCUT2D eigenvalue weighted by Gasteiger charge is 2.35. The van der Waals surface area contributed by atoms with E-state index in [0.29, 0.717) is 32.7 Å². The van der Waals surface area contributed by atoms with Crippen molar-refractivity contribution in [2.24, 2.45) is 0 Å². The quantitative estimate of drug-likeness (QED) is 0.720. The second-order valence-electron chi connectivity index (χ2n) is 4.09. The van der Waals surface area contributed by atoms with Crippen LogP contribution in [0.5, 0.6) is 0 Å². The minimum atomic E-state index is -0.922. The van der Waals surface area contributed by atoms with Crippen molar-refractivity contribution in [2.75, 3.05) is 33.4 Å². The number of likely N-dealkylation sites (N-methyl/N-ethyl adjacent to an activating group) is 1. The molecule has 0 aliphatic carbocycles. The highest BCUT2D eigenvalue weighted by Crippen LogP contribution is 2.18. The van der Waals surface area contributed by atoms with Crippen LogP contribution in [0.4, 0.5) is 4.79 Å². The van der Waals surface area contributed by atoms with Gasteiger partial charge in [-0.05, 0) is 19.8 Å². The lowest BCUT2D eigenvalue weighted by Gasteiger charge is -2.27. The van der Waals surface area contributed by atoms with Crippen molar-refractivity contribution >= 4 is 12.0 Å². The Bertz CT molecular complexity index is 283. The smallest absolute Gasteiger partial charge is 0.326 e. The molecule has 0 aromatic carbocycles. The summed E-state index contributed by atoms with van der Waals surface area (Å²) in [5, 5.41) is 8.99. The minimum absolute atomic E-state index is 0.227. The summed E-state index contributed by atoms with van der Waals surface area (Å²) in [4.78, 5) is 25.9. The number of urea groups is 1. The molecule has 1 N–H and O–H groups in total. The summed E-state index contributed by atoms with van der Waals surface area (Å²) < 4.78 is 5.16. The lowest BCUT2D eigenvalue weighted by molar-refractivity contribution is -0.141. The standard InChI is InChI=1S/C11H20N2O4/c1-3-17-8-7-12(2)11(16)13-6-4-5-9(13)10(14)15/h9H,3-8H2,1-2H3,(H,14,15)/t9-/m0/s1. The molecule has 98 valence electrons. The monoisotopic (exact) mass is 244 g/mol. The topological polar surface area (TPSA) is 70.1 Å². The van der Waals surface area contributed by atoms with Crippen LogP contribution in [0.1, 0.15) is 19.8 Å². The molecule has 0 aromatic heterocycles. The first-order valence-electron chi connectivity index (χ1n) is 5.90. The van der Waals surface area contributed by atoms with Crippen molar-refractivity contribution in [3.8, 4) is 0 Å². The van der Waals surface area contributed by atoms with E-state index in [-0.39, 0.29) is 6.03 Å². The van der Waals surface area contributed by atoms with Gasteiger partial charge in [-0.3, -0.25) is 0 Å². The molecule has 1 heterocycles. The van der Waals surface area contributed by atoms with Gasteiger partial charge in [-0.2, -0.15) is 0 Å². The van der Waals surface area contributed by atoms with Crippen molar-refractivity contribution in [3.05, 3.63) is 0 Å². The Morgan fingerprint density at radius 1 is 1.53 bits per heavy atom. The first-order chi connectivity index (χ1) is 8.07. The molecule has 1 aliphatic rings. The SMILES string of the molecule is CCOCCN(C)C(=O)N1CCC[C@H]1C(=O)O. The minimum Gasteiger partial charge on any atom is -0.480 e. The summed E-state index contributed by atoms with van der Waals surface area (Å²) >= 11 is 0. The summed E-state index contributed by atoms with van der Waals surface area (Å²) in [6, 6.07) is -0.897. The van der Waals surface area contributed by atoms with E-state index in [1.54, 1.807) is 7.05 Å². The number of hydrogen-bond acceptors (Lipinski definition) is 3. The average Bonchev–Trinajstić information content (AvgIpc) is 2.77. The molecule has 6 nitrogen and oxygen atoms in total. The maximum absolute atomic E-state index is 12.0. The van der Waals surface area contributed by atoms with Crippen LogP contribution < -0.4 is 0 Å². The number of ether oxygens (including phenoxy) is 1. The van der Waals surface area contributed by atoms with Crippen LogP contribution in [0.3, 0.4) is 0 Å². The fraction of sp³-hybridized carbons (Fsp3) is 0.818. The van der Waals surface area contributed by atoms with Gasteiger partial charge in [0.15, 0.2) is 0 Å². The number of nitrogens with zero attached hydrogens (tertiary/aromatic N) is 2. The third-order valence-corrected chi connectivity index (χ3v) is 2.89. The van der Waals surface area contributed by atoms with E-state index in [1.165, 1.54) is 9.80 Å². The Balaban J connectivity index is 2.47. The van der Waals surface area contributed by atoms with Gasteiger partial charge in [-0.25, -0.2) is 9.59 Å². The predicted octanol–water partition coefficient (Wildman–Crippen LogP) is 0.624. The second kappa shape index (κ2) is 6.44. The van der Waals surface area contributed by atoms with E-state index in [4.69, 9.17) is 9.84 Å². The van der Waals surface area contributed by atoms with Gasteiger partial charge in [-0.15, -0.1) is 0 Å². The number of carboxylic acids is 1. The molecule has 0 bridgehead atoms. The number of carbonyl (C=O) groups excluding carboxylic acids is 1. The molecular formula is C11H20N2O4. The lowest BCUT2D eigenvalue weighted by atomic mass is 10.2. The predicted molar refractivity (Wildman–Crippen MR) is 61.9 cm³/mol. The summed E-state index contributed by atoms with van der Waals surface area (Å²) in [6.07, 6.45) is 1.29. The first kappa shape index (κ1) is 13.8. The van der Waals surface area contributed by atoms with E-state index in [1.807, 2.05) is 6.92 Å². The second-order valence-corrected chi connectivity index (χ2v) is 4.09. The molecule has 17 heavy (non-hydrogen) atoms. The zero-order valence-electron chi connectivity index (χ0n) is 10.4. The first-order valence-corrected chi connectivity index (χ1v) is 5.90. The summed E-state index contributed by atoms with van der Waals surface area (Å²) in [5.74, 6) is -0.922. The van der Waals surface area contributed by atoms with E-state index in [0.717, 1.165) is 6.42 Å². The molecule has 0 spiro atoms. The van der Waals surface area contributed by atoms with Crippen LogP contribution in [0.2, 0.25) is 0 Å². The molecule has 6 heteroatoms. The van der Waals surface area contributed by atoms with Crippen LogP contribution >= 0.6 is 0 Å². The normalized spacial score (nSPS) is 19.4. The highest BCUT2D eigenvalue weighted by atomic mass is 16.5. The third-order valence-electron chi connectivity index (χ3n) is 2.89. The fourth-order valence-corrected chi connectivity index (χ4v) is 1.91. The Kier molecular flexibility index (Phi) is 5.21. The van der Waals surface area contributed by atoms with E-state index in [2.05, 4.69) is 0 Å². The van der Waals surface area contributed by atoms with E-state index < -0.39 is 12.0 Å². The lowest BCUT2D eigenvalue weighted by Crippen LogP contribution is -2.47. The molecular weight excluding hydrogens is 224 g/mol. The van der Waals surface area contributed by atoms with Crippen LogP contribution in [-0.4, -0.2) is 66.3 Å². The molecule has 1 saturated heterocycles. The molecule has 2 amide bonds. The summed E-state index contributed by atoms with van der Waals surface area (Å²) in [7, 11) is 1.67. The largest absolute Gasteiger partial charge is 0.480 e. The molecule has 1 atom stereocenters. The number of carboxylic acid groups (broad SMARTS) is 1. The Hall–Kier alpha value is -1.30. The Labute approximate surface area is 101 Å². The maximum atomic E-state index is 12.0. The van der Waals surface area contributed by atoms with Gasteiger partial charge in [0.25, 0.3) is 0 Å². The number of amides is 2. The third kappa shape index (κ3) is 3.59. The molecule has 1 fully saturated rings. The van der Waals surface area contributed by atoms with Crippen LogP contribution in [-0.2, 0) is 9.53 Å².